The van der Waals surface area contributed by atoms with E-state index >= 15 is 0 Å². The minimum absolute atomic E-state index is 0.0944. The minimum atomic E-state index is -0.0944. The number of hydrogen-bond donors (Lipinski definition) is 0. The van der Waals surface area contributed by atoms with Gasteiger partial charge in [-0.25, -0.2) is 9.97 Å². The summed E-state index contributed by atoms with van der Waals surface area (Å²) in [4.78, 5) is 24.8. The zero-order chi connectivity index (χ0) is 17.6. The molecule has 2 heterocycles. The summed E-state index contributed by atoms with van der Waals surface area (Å²) in [6.07, 6.45) is 1.36. The van der Waals surface area contributed by atoms with E-state index in [0.29, 0.717) is 31.3 Å². The summed E-state index contributed by atoms with van der Waals surface area (Å²) in [7, 11) is 1.67. The number of carbonyl (C=O) groups excluding carboxylic acids is 1. The van der Waals surface area contributed by atoms with Gasteiger partial charge in [0.2, 0.25) is 5.88 Å². The highest BCUT2D eigenvalue weighted by atomic mass is 16.5. The summed E-state index contributed by atoms with van der Waals surface area (Å²) in [6, 6.07) is 9.52. The number of anilines is 1. The van der Waals surface area contributed by atoms with Gasteiger partial charge in [-0.05, 0) is 19.1 Å². The summed E-state index contributed by atoms with van der Waals surface area (Å²) >= 11 is 0. The molecule has 25 heavy (non-hydrogen) atoms. The quantitative estimate of drug-likeness (QED) is 0.826. The number of methoxy groups -OCH3 is 1. The molecule has 1 fully saturated rings. The lowest BCUT2D eigenvalue weighted by Gasteiger charge is -2.36. The molecule has 7 heteroatoms. The van der Waals surface area contributed by atoms with Crippen LogP contribution >= 0.6 is 0 Å². The van der Waals surface area contributed by atoms with Crippen molar-refractivity contribution in [3.8, 4) is 11.6 Å². The summed E-state index contributed by atoms with van der Waals surface area (Å²) in [5, 5.41) is 0. The number of para-hydroxylation sites is 2. The fourth-order valence-corrected chi connectivity index (χ4v) is 2.89. The van der Waals surface area contributed by atoms with Crippen molar-refractivity contribution in [3.63, 3.8) is 0 Å². The van der Waals surface area contributed by atoms with Crippen molar-refractivity contribution in [1.29, 1.82) is 0 Å². The van der Waals surface area contributed by atoms with Crippen LogP contribution in [0.15, 0.2) is 36.7 Å². The molecule has 0 N–H and O–H groups in total. The van der Waals surface area contributed by atoms with Crippen molar-refractivity contribution in [2.75, 3.05) is 44.8 Å². The molecule has 1 aliphatic heterocycles. The lowest BCUT2D eigenvalue weighted by molar-refractivity contribution is 0.0740. The van der Waals surface area contributed by atoms with Gasteiger partial charge in [-0.15, -0.1) is 0 Å². The van der Waals surface area contributed by atoms with Crippen LogP contribution in [0.1, 0.15) is 17.4 Å². The number of carbonyl (C=O) groups is 1. The lowest BCUT2D eigenvalue weighted by atomic mass is 10.2. The highest BCUT2D eigenvalue weighted by molar-refractivity contribution is 5.92. The van der Waals surface area contributed by atoms with Crippen LogP contribution in [0.4, 0.5) is 5.69 Å². The lowest BCUT2D eigenvalue weighted by Crippen LogP contribution is -2.49. The number of benzene rings is 1. The van der Waals surface area contributed by atoms with Crippen LogP contribution in [-0.4, -0.2) is 60.7 Å². The highest BCUT2D eigenvalue weighted by Gasteiger charge is 2.24. The molecule has 0 aliphatic carbocycles. The monoisotopic (exact) mass is 342 g/mol. The fraction of sp³-hybridized carbons (Fsp3) is 0.389. The molecule has 0 bridgehead atoms. The molecule has 1 aromatic heterocycles. The Labute approximate surface area is 147 Å². The van der Waals surface area contributed by atoms with Crippen LogP contribution in [0.2, 0.25) is 0 Å². The van der Waals surface area contributed by atoms with E-state index in [1.165, 1.54) is 6.33 Å². The van der Waals surface area contributed by atoms with E-state index < -0.39 is 0 Å². The molecule has 1 aromatic carbocycles. The number of nitrogens with zero attached hydrogens (tertiary/aromatic N) is 4. The first-order valence-corrected chi connectivity index (χ1v) is 8.35. The molecule has 132 valence electrons. The van der Waals surface area contributed by atoms with Crippen LogP contribution in [0.25, 0.3) is 0 Å². The van der Waals surface area contributed by atoms with Gasteiger partial charge in [0, 0.05) is 32.2 Å². The minimum Gasteiger partial charge on any atom is -0.495 e. The van der Waals surface area contributed by atoms with Crippen LogP contribution in [-0.2, 0) is 0 Å². The Morgan fingerprint density at radius 2 is 1.92 bits per heavy atom. The molecule has 1 saturated heterocycles. The van der Waals surface area contributed by atoms with E-state index in [9.17, 15) is 4.79 Å². The van der Waals surface area contributed by atoms with Crippen LogP contribution in [0, 0.1) is 0 Å². The van der Waals surface area contributed by atoms with Crippen molar-refractivity contribution < 1.29 is 14.3 Å². The zero-order valence-corrected chi connectivity index (χ0v) is 14.5. The Morgan fingerprint density at radius 3 is 2.64 bits per heavy atom. The van der Waals surface area contributed by atoms with Crippen molar-refractivity contribution in [2.45, 2.75) is 6.92 Å². The molecule has 0 unspecified atom stereocenters. The third-order valence-electron chi connectivity index (χ3n) is 4.15. The highest BCUT2D eigenvalue weighted by Crippen LogP contribution is 2.28. The summed E-state index contributed by atoms with van der Waals surface area (Å²) in [5.74, 6) is 1.18. The number of piperazine rings is 1. The second-order valence-corrected chi connectivity index (χ2v) is 5.63. The second kappa shape index (κ2) is 7.83. The summed E-state index contributed by atoms with van der Waals surface area (Å²) in [6.45, 7) is 5.13. The Morgan fingerprint density at radius 1 is 1.16 bits per heavy atom. The van der Waals surface area contributed by atoms with Crippen molar-refractivity contribution in [3.05, 3.63) is 42.4 Å². The average molecular weight is 342 g/mol. The van der Waals surface area contributed by atoms with E-state index in [1.54, 1.807) is 13.2 Å². The molecule has 3 rings (SSSR count). The van der Waals surface area contributed by atoms with Crippen LogP contribution in [0.3, 0.4) is 0 Å². The zero-order valence-electron chi connectivity index (χ0n) is 14.5. The normalized spacial score (nSPS) is 14.3. The first kappa shape index (κ1) is 17.0. The fourth-order valence-electron chi connectivity index (χ4n) is 2.89. The van der Waals surface area contributed by atoms with Gasteiger partial charge in [0.1, 0.15) is 17.8 Å². The molecular weight excluding hydrogens is 320 g/mol. The predicted octanol–water partition coefficient (Wildman–Crippen LogP) is 1.85. The van der Waals surface area contributed by atoms with E-state index in [0.717, 1.165) is 24.5 Å². The van der Waals surface area contributed by atoms with Crippen molar-refractivity contribution in [2.24, 2.45) is 0 Å². The maximum Gasteiger partial charge on any atom is 0.272 e. The van der Waals surface area contributed by atoms with Gasteiger partial charge < -0.3 is 19.3 Å². The Bertz CT molecular complexity index is 730. The van der Waals surface area contributed by atoms with Crippen LogP contribution < -0.4 is 14.4 Å². The Kier molecular flexibility index (Phi) is 5.33. The van der Waals surface area contributed by atoms with E-state index in [4.69, 9.17) is 9.47 Å². The second-order valence-electron chi connectivity index (χ2n) is 5.63. The molecule has 7 nitrogen and oxygen atoms in total. The molecule has 0 radical (unpaired) electrons. The van der Waals surface area contributed by atoms with Gasteiger partial charge in [0.25, 0.3) is 5.91 Å². The van der Waals surface area contributed by atoms with Gasteiger partial charge in [0.15, 0.2) is 0 Å². The number of aromatic nitrogens is 2. The standard InChI is InChI=1S/C18H22N4O3/c1-3-25-17-12-14(19-13-20-17)18(23)22-10-8-21(9-11-22)15-6-4-5-7-16(15)24-2/h4-7,12-13H,3,8-11H2,1-2H3. The number of amides is 1. The molecule has 0 saturated carbocycles. The molecule has 0 spiro atoms. The van der Waals surface area contributed by atoms with Gasteiger partial charge in [-0.1, -0.05) is 12.1 Å². The van der Waals surface area contributed by atoms with Crippen LogP contribution in [0.5, 0.6) is 11.6 Å². The first-order chi connectivity index (χ1) is 12.2. The third kappa shape index (κ3) is 3.81. The molecule has 1 amide bonds. The molecule has 2 aromatic rings. The third-order valence-corrected chi connectivity index (χ3v) is 4.15. The smallest absolute Gasteiger partial charge is 0.272 e. The maximum atomic E-state index is 12.7. The summed E-state index contributed by atoms with van der Waals surface area (Å²) < 4.78 is 10.8. The maximum absolute atomic E-state index is 12.7. The topological polar surface area (TPSA) is 67.8 Å². The molecule has 1 aliphatic rings. The SMILES string of the molecule is CCOc1cc(C(=O)N2CCN(c3ccccc3OC)CC2)ncn1. The first-order valence-electron chi connectivity index (χ1n) is 8.35. The number of ether oxygens (including phenoxy) is 2. The molecule has 0 atom stereocenters. The van der Waals surface area contributed by atoms with Crippen molar-refractivity contribution >= 4 is 11.6 Å². The number of hydrogen-bond acceptors (Lipinski definition) is 6. The van der Waals surface area contributed by atoms with Crippen molar-refractivity contribution in [1.82, 2.24) is 14.9 Å². The van der Waals surface area contributed by atoms with Gasteiger partial charge in [-0.2, -0.15) is 0 Å². The van der Waals surface area contributed by atoms with E-state index in [1.807, 2.05) is 36.1 Å². The predicted molar refractivity (Wildman–Crippen MR) is 94.3 cm³/mol. The average Bonchev–Trinajstić information content (AvgIpc) is 2.68. The van der Waals surface area contributed by atoms with Gasteiger partial charge >= 0.3 is 0 Å². The van der Waals surface area contributed by atoms with E-state index in [2.05, 4.69) is 14.9 Å². The summed E-state index contributed by atoms with van der Waals surface area (Å²) in [5.41, 5.74) is 1.42. The Balaban J connectivity index is 1.66. The number of rotatable bonds is 5. The van der Waals surface area contributed by atoms with E-state index in [-0.39, 0.29) is 5.91 Å². The largest absolute Gasteiger partial charge is 0.495 e. The Hall–Kier alpha value is -2.83. The molecular formula is C18H22N4O3. The van der Waals surface area contributed by atoms with Gasteiger partial charge in [-0.3, -0.25) is 4.79 Å². The van der Waals surface area contributed by atoms with Gasteiger partial charge in [0.05, 0.1) is 19.4 Å².